The Balaban J connectivity index is 1.60. The van der Waals surface area contributed by atoms with Crippen molar-refractivity contribution in [2.45, 2.75) is 18.9 Å². The topological polar surface area (TPSA) is 79.4 Å². The van der Waals surface area contributed by atoms with Crippen molar-refractivity contribution in [2.75, 3.05) is 28.8 Å². The van der Waals surface area contributed by atoms with Gasteiger partial charge in [0.15, 0.2) is 9.84 Å². The van der Waals surface area contributed by atoms with Crippen LogP contribution in [0.15, 0.2) is 35.8 Å². The van der Waals surface area contributed by atoms with Crippen molar-refractivity contribution in [2.24, 2.45) is 0 Å². The zero-order chi connectivity index (χ0) is 17.2. The number of nitrogens with one attached hydrogen (secondary N) is 1. The first-order valence-corrected chi connectivity index (χ1v) is 10.3. The number of hydrogen-bond acceptors (Lipinski definition) is 6. The fourth-order valence-electron chi connectivity index (χ4n) is 2.72. The Morgan fingerprint density at radius 1 is 1.42 bits per heavy atom. The Morgan fingerprint density at radius 3 is 2.83 bits per heavy atom. The second-order valence-electron chi connectivity index (χ2n) is 5.87. The van der Waals surface area contributed by atoms with E-state index < -0.39 is 9.84 Å². The number of anilines is 2. The van der Waals surface area contributed by atoms with Gasteiger partial charge in [0.25, 0.3) is 0 Å². The third-order valence-corrected chi connectivity index (χ3v) is 6.72. The van der Waals surface area contributed by atoms with Crippen molar-refractivity contribution < 1.29 is 13.2 Å². The van der Waals surface area contributed by atoms with Crippen LogP contribution in [0.3, 0.4) is 0 Å². The van der Waals surface area contributed by atoms with Gasteiger partial charge in [-0.1, -0.05) is 6.07 Å². The molecule has 1 fully saturated rings. The van der Waals surface area contributed by atoms with Crippen LogP contribution in [0.5, 0.6) is 0 Å². The van der Waals surface area contributed by atoms with E-state index >= 15 is 0 Å². The quantitative estimate of drug-likeness (QED) is 0.876. The molecule has 2 aromatic heterocycles. The summed E-state index contributed by atoms with van der Waals surface area (Å²) in [5.74, 6) is 0.815. The molecule has 6 nitrogen and oxygen atoms in total. The third-order valence-electron chi connectivity index (χ3n) is 4.09. The van der Waals surface area contributed by atoms with Crippen molar-refractivity contribution in [1.29, 1.82) is 0 Å². The smallest absolute Gasteiger partial charge is 0.230 e. The molecule has 0 saturated carbocycles. The molecular weight excluding hydrogens is 346 g/mol. The second kappa shape index (κ2) is 6.90. The highest BCUT2D eigenvalue weighted by Gasteiger charge is 2.30. The number of pyridine rings is 1. The van der Waals surface area contributed by atoms with E-state index in [2.05, 4.69) is 10.3 Å². The first-order valence-electron chi connectivity index (χ1n) is 7.64. The maximum absolute atomic E-state index is 12.0. The Kier molecular flexibility index (Phi) is 4.86. The average Bonchev–Trinajstić information content (AvgIpc) is 3.16. The molecule has 2 aromatic rings. The second-order valence-corrected chi connectivity index (χ2v) is 9.13. The largest absolute Gasteiger partial charge is 0.369 e. The molecular formula is C16H19N3O3S2. The molecule has 0 aromatic carbocycles. The van der Waals surface area contributed by atoms with Crippen LogP contribution in [0.2, 0.25) is 0 Å². The van der Waals surface area contributed by atoms with Crippen LogP contribution in [-0.4, -0.2) is 43.9 Å². The Hall–Kier alpha value is -1.93. The van der Waals surface area contributed by atoms with Crippen LogP contribution in [-0.2, 0) is 21.1 Å². The molecule has 0 spiro atoms. The van der Waals surface area contributed by atoms with Gasteiger partial charge in [0.05, 0.1) is 29.8 Å². The molecule has 1 amide bonds. The number of rotatable bonds is 5. The number of carbonyl (C=O) groups excluding carboxylic acids is 1. The Labute approximate surface area is 145 Å². The van der Waals surface area contributed by atoms with Crippen molar-refractivity contribution in [3.63, 3.8) is 0 Å². The van der Waals surface area contributed by atoms with Crippen LogP contribution in [0.1, 0.15) is 11.3 Å². The van der Waals surface area contributed by atoms with Gasteiger partial charge in [-0.05, 0) is 30.0 Å². The summed E-state index contributed by atoms with van der Waals surface area (Å²) in [5, 5.41) is 4.71. The molecule has 0 bridgehead atoms. The summed E-state index contributed by atoms with van der Waals surface area (Å²) in [4.78, 5) is 19.2. The molecule has 1 atom stereocenters. The summed E-state index contributed by atoms with van der Waals surface area (Å²) < 4.78 is 23.2. The van der Waals surface area contributed by atoms with E-state index in [1.165, 1.54) is 0 Å². The van der Waals surface area contributed by atoms with Gasteiger partial charge >= 0.3 is 0 Å². The Bertz CT molecular complexity index is 802. The monoisotopic (exact) mass is 365 g/mol. The predicted octanol–water partition coefficient (Wildman–Crippen LogP) is 1.95. The van der Waals surface area contributed by atoms with Gasteiger partial charge < -0.3 is 10.2 Å². The standard InChI is InChI=1S/C16H19N3O3S2/c1-19(13-6-8-24(21,22)11-13)12-4-5-15(17-10-12)18-16(20)9-14-3-2-7-23-14/h2-5,7,10,13H,6,8-9,11H2,1H3,(H,17,18,20). The summed E-state index contributed by atoms with van der Waals surface area (Å²) in [6.45, 7) is 0. The highest BCUT2D eigenvalue weighted by molar-refractivity contribution is 7.91. The van der Waals surface area contributed by atoms with Gasteiger partial charge in [0.2, 0.25) is 5.91 Å². The predicted molar refractivity (Wildman–Crippen MR) is 96.4 cm³/mol. The van der Waals surface area contributed by atoms with Gasteiger partial charge in [-0.3, -0.25) is 4.79 Å². The van der Waals surface area contributed by atoms with Crippen LogP contribution in [0, 0.1) is 0 Å². The lowest BCUT2D eigenvalue weighted by Gasteiger charge is -2.25. The number of amides is 1. The normalized spacial score (nSPS) is 19.1. The average molecular weight is 365 g/mol. The highest BCUT2D eigenvalue weighted by Crippen LogP contribution is 2.23. The summed E-state index contributed by atoms with van der Waals surface area (Å²) in [6, 6.07) is 7.40. The molecule has 128 valence electrons. The SMILES string of the molecule is CN(c1ccc(NC(=O)Cc2cccs2)nc1)C1CCS(=O)(=O)C1. The minimum absolute atomic E-state index is 0.0175. The Morgan fingerprint density at radius 2 is 2.25 bits per heavy atom. The van der Waals surface area contributed by atoms with E-state index in [4.69, 9.17) is 0 Å². The summed E-state index contributed by atoms with van der Waals surface area (Å²) in [7, 11) is -1.04. The van der Waals surface area contributed by atoms with Gasteiger partial charge in [0, 0.05) is 18.0 Å². The first-order chi connectivity index (χ1) is 11.4. The maximum Gasteiger partial charge on any atom is 0.230 e. The fraction of sp³-hybridized carbons (Fsp3) is 0.375. The van der Waals surface area contributed by atoms with Crippen molar-refractivity contribution in [3.05, 3.63) is 40.7 Å². The number of nitrogens with zero attached hydrogens (tertiary/aromatic N) is 2. The number of hydrogen-bond donors (Lipinski definition) is 1. The lowest BCUT2D eigenvalue weighted by atomic mass is 10.2. The van der Waals surface area contributed by atoms with E-state index in [9.17, 15) is 13.2 Å². The summed E-state index contributed by atoms with van der Waals surface area (Å²) in [5.41, 5.74) is 0.841. The molecule has 1 unspecified atom stereocenters. The van der Waals surface area contributed by atoms with E-state index in [-0.39, 0.29) is 23.5 Å². The first kappa shape index (κ1) is 16.9. The minimum Gasteiger partial charge on any atom is -0.369 e. The van der Waals surface area contributed by atoms with Crippen LogP contribution < -0.4 is 10.2 Å². The lowest BCUT2D eigenvalue weighted by Crippen LogP contribution is -2.32. The molecule has 1 saturated heterocycles. The van der Waals surface area contributed by atoms with Crippen LogP contribution >= 0.6 is 11.3 Å². The molecule has 1 aliphatic rings. The summed E-state index contributed by atoms with van der Waals surface area (Å²) >= 11 is 1.55. The van der Waals surface area contributed by atoms with Gasteiger partial charge in [-0.25, -0.2) is 13.4 Å². The number of thiophene rings is 1. The minimum atomic E-state index is -2.92. The zero-order valence-corrected chi connectivity index (χ0v) is 14.9. The zero-order valence-electron chi connectivity index (χ0n) is 13.3. The van der Waals surface area contributed by atoms with Crippen LogP contribution in [0.4, 0.5) is 11.5 Å². The van der Waals surface area contributed by atoms with E-state index in [0.717, 1.165) is 10.6 Å². The fourth-order valence-corrected chi connectivity index (χ4v) is 5.20. The maximum atomic E-state index is 12.0. The third kappa shape index (κ3) is 4.12. The molecule has 1 N–H and O–H groups in total. The van der Waals surface area contributed by atoms with Crippen molar-refractivity contribution in [1.82, 2.24) is 4.98 Å². The van der Waals surface area contributed by atoms with Gasteiger partial charge in [0.1, 0.15) is 5.82 Å². The van der Waals surface area contributed by atoms with E-state index in [1.54, 1.807) is 23.6 Å². The van der Waals surface area contributed by atoms with Crippen molar-refractivity contribution in [3.8, 4) is 0 Å². The van der Waals surface area contributed by atoms with E-state index in [0.29, 0.717) is 18.7 Å². The summed E-state index contributed by atoms with van der Waals surface area (Å²) in [6.07, 6.45) is 2.63. The highest BCUT2D eigenvalue weighted by atomic mass is 32.2. The lowest BCUT2D eigenvalue weighted by molar-refractivity contribution is -0.115. The molecule has 3 heterocycles. The molecule has 24 heavy (non-hydrogen) atoms. The molecule has 3 rings (SSSR count). The van der Waals surface area contributed by atoms with Crippen LogP contribution in [0.25, 0.3) is 0 Å². The van der Waals surface area contributed by atoms with Gasteiger partial charge in [-0.2, -0.15) is 0 Å². The molecule has 0 radical (unpaired) electrons. The van der Waals surface area contributed by atoms with Crippen molar-refractivity contribution >= 4 is 38.6 Å². The molecule has 8 heteroatoms. The number of carbonyl (C=O) groups is 1. The van der Waals surface area contributed by atoms with Gasteiger partial charge in [-0.15, -0.1) is 11.3 Å². The van der Waals surface area contributed by atoms with E-state index in [1.807, 2.05) is 35.5 Å². The number of aromatic nitrogens is 1. The molecule has 1 aliphatic heterocycles. The molecule has 0 aliphatic carbocycles. The number of sulfone groups is 1.